The molecule has 1 amide bonds. The normalized spacial score (nSPS) is 16.8. The molecule has 1 aliphatic rings. The number of amides is 1. The van der Waals surface area contributed by atoms with Crippen LogP contribution < -0.4 is 15.5 Å². The topological polar surface area (TPSA) is 70.2 Å². The smallest absolute Gasteiger partial charge is 0.234 e. The summed E-state index contributed by atoms with van der Waals surface area (Å²) in [5.74, 6) is 0.530. The number of carbonyl (C=O) groups excluding carboxylic acids is 1. The fourth-order valence-corrected chi connectivity index (χ4v) is 3.01. The number of rotatable bonds is 7. The molecule has 2 heterocycles. The van der Waals surface area contributed by atoms with E-state index in [4.69, 9.17) is 0 Å². The van der Waals surface area contributed by atoms with Crippen LogP contribution in [0.4, 0.5) is 10.2 Å². The maximum Gasteiger partial charge on any atom is 0.234 e. The largest absolute Gasteiger partial charge is 0.351 e. The first-order chi connectivity index (χ1) is 12.2. The molecule has 2 aromatic rings. The molecule has 1 aromatic heterocycles. The Morgan fingerprint density at radius 3 is 2.88 bits per heavy atom. The van der Waals surface area contributed by atoms with Gasteiger partial charge in [-0.1, -0.05) is 12.1 Å². The van der Waals surface area contributed by atoms with Crippen molar-refractivity contribution in [2.24, 2.45) is 0 Å². The standard InChI is InChI=1S/C18H22FN5O/c19-15-7-5-14(6-8-15)11-21-18(25)13-20-12-16-3-2-10-24(16)17-4-1-9-22-23-17/h1,4-9,16,20H,2-3,10-13H2,(H,21,25)/t16-/m1/s1. The molecule has 7 heteroatoms. The molecule has 132 valence electrons. The maximum atomic E-state index is 12.8. The van der Waals surface area contributed by atoms with Crippen LogP contribution in [-0.4, -0.2) is 41.8 Å². The van der Waals surface area contributed by atoms with E-state index >= 15 is 0 Å². The molecule has 3 rings (SSSR count). The number of hydrogen-bond donors (Lipinski definition) is 2. The summed E-state index contributed by atoms with van der Waals surface area (Å²) in [5.41, 5.74) is 0.874. The van der Waals surface area contributed by atoms with Gasteiger partial charge in [0.15, 0.2) is 5.82 Å². The van der Waals surface area contributed by atoms with Crippen LogP contribution in [0, 0.1) is 5.82 Å². The van der Waals surface area contributed by atoms with Gasteiger partial charge in [-0.05, 0) is 42.7 Å². The van der Waals surface area contributed by atoms with Gasteiger partial charge in [0, 0.05) is 31.9 Å². The lowest BCUT2D eigenvalue weighted by molar-refractivity contribution is -0.120. The average Bonchev–Trinajstić information content (AvgIpc) is 3.10. The van der Waals surface area contributed by atoms with Gasteiger partial charge in [-0.3, -0.25) is 4.79 Å². The second-order valence-corrected chi connectivity index (χ2v) is 6.11. The van der Waals surface area contributed by atoms with E-state index in [-0.39, 0.29) is 18.3 Å². The van der Waals surface area contributed by atoms with E-state index in [9.17, 15) is 9.18 Å². The van der Waals surface area contributed by atoms with E-state index in [0.717, 1.165) is 37.3 Å². The van der Waals surface area contributed by atoms with Crippen LogP contribution >= 0.6 is 0 Å². The average molecular weight is 343 g/mol. The summed E-state index contributed by atoms with van der Waals surface area (Å²) in [6, 6.07) is 10.3. The lowest BCUT2D eigenvalue weighted by atomic mass is 10.2. The van der Waals surface area contributed by atoms with E-state index in [1.807, 2.05) is 12.1 Å². The Bertz CT molecular complexity index is 680. The Hall–Kier alpha value is -2.54. The Morgan fingerprint density at radius 2 is 2.12 bits per heavy atom. The van der Waals surface area contributed by atoms with Crippen LogP contribution in [0.25, 0.3) is 0 Å². The summed E-state index contributed by atoms with van der Waals surface area (Å²) in [4.78, 5) is 14.2. The van der Waals surface area contributed by atoms with Crippen molar-refractivity contribution in [2.75, 3.05) is 24.5 Å². The van der Waals surface area contributed by atoms with Crippen molar-refractivity contribution in [1.82, 2.24) is 20.8 Å². The molecular weight excluding hydrogens is 321 g/mol. The van der Waals surface area contributed by atoms with Crippen molar-refractivity contribution < 1.29 is 9.18 Å². The van der Waals surface area contributed by atoms with E-state index in [1.54, 1.807) is 18.3 Å². The molecule has 0 spiro atoms. The van der Waals surface area contributed by atoms with Crippen molar-refractivity contribution in [3.05, 3.63) is 54.0 Å². The number of carbonyl (C=O) groups is 1. The Kier molecular flexibility index (Phi) is 5.90. The van der Waals surface area contributed by atoms with Gasteiger partial charge >= 0.3 is 0 Å². The highest BCUT2D eigenvalue weighted by Crippen LogP contribution is 2.22. The fraction of sp³-hybridized carbons (Fsp3) is 0.389. The second-order valence-electron chi connectivity index (χ2n) is 6.11. The van der Waals surface area contributed by atoms with Crippen molar-refractivity contribution in [2.45, 2.75) is 25.4 Å². The molecule has 1 atom stereocenters. The molecule has 0 aliphatic carbocycles. The molecule has 1 saturated heterocycles. The third-order valence-corrected chi connectivity index (χ3v) is 4.30. The number of benzene rings is 1. The van der Waals surface area contributed by atoms with Gasteiger partial charge in [0.2, 0.25) is 5.91 Å². The predicted molar refractivity (Wildman–Crippen MR) is 93.5 cm³/mol. The van der Waals surface area contributed by atoms with Crippen molar-refractivity contribution >= 4 is 11.7 Å². The maximum absolute atomic E-state index is 12.8. The van der Waals surface area contributed by atoms with Gasteiger partial charge < -0.3 is 15.5 Å². The quantitative estimate of drug-likeness (QED) is 0.797. The Morgan fingerprint density at radius 1 is 1.28 bits per heavy atom. The van der Waals surface area contributed by atoms with Gasteiger partial charge in [-0.25, -0.2) is 4.39 Å². The van der Waals surface area contributed by atoms with Crippen LogP contribution in [-0.2, 0) is 11.3 Å². The van der Waals surface area contributed by atoms with Gasteiger partial charge in [0.25, 0.3) is 0 Å². The van der Waals surface area contributed by atoms with Crippen molar-refractivity contribution in [3.63, 3.8) is 0 Å². The molecule has 1 aromatic carbocycles. The van der Waals surface area contributed by atoms with E-state index in [1.165, 1.54) is 12.1 Å². The molecule has 6 nitrogen and oxygen atoms in total. The highest BCUT2D eigenvalue weighted by molar-refractivity contribution is 5.77. The summed E-state index contributed by atoms with van der Waals surface area (Å²) in [5, 5.41) is 14.1. The first-order valence-electron chi connectivity index (χ1n) is 8.48. The zero-order chi connectivity index (χ0) is 17.5. The fourth-order valence-electron chi connectivity index (χ4n) is 3.01. The van der Waals surface area contributed by atoms with Crippen LogP contribution in [0.15, 0.2) is 42.6 Å². The van der Waals surface area contributed by atoms with Gasteiger partial charge in [0.05, 0.1) is 6.54 Å². The Balaban J connectivity index is 1.40. The van der Waals surface area contributed by atoms with Crippen molar-refractivity contribution in [3.8, 4) is 0 Å². The minimum Gasteiger partial charge on any atom is -0.351 e. The lowest BCUT2D eigenvalue weighted by Crippen LogP contribution is -2.42. The summed E-state index contributed by atoms with van der Waals surface area (Å²) in [6.45, 7) is 2.34. The van der Waals surface area contributed by atoms with Crippen LogP contribution in [0.5, 0.6) is 0 Å². The number of aromatic nitrogens is 2. The molecule has 0 unspecified atom stereocenters. The third-order valence-electron chi connectivity index (χ3n) is 4.30. The number of nitrogens with one attached hydrogen (secondary N) is 2. The van der Waals surface area contributed by atoms with Crippen LogP contribution in [0.3, 0.4) is 0 Å². The first kappa shape index (κ1) is 17.3. The minimum absolute atomic E-state index is 0.0756. The third kappa shape index (κ3) is 4.96. The summed E-state index contributed by atoms with van der Waals surface area (Å²) >= 11 is 0. The second kappa shape index (κ2) is 8.53. The lowest BCUT2D eigenvalue weighted by Gasteiger charge is -2.25. The molecule has 0 radical (unpaired) electrons. The zero-order valence-corrected chi connectivity index (χ0v) is 14.0. The van der Waals surface area contributed by atoms with E-state index in [0.29, 0.717) is 12.6 Å². The molecule has 1 fully saturated rings. The monoisotopic (exact) mass is 343 g/mol. The summed E-state index contributed by atoms with van der Waals surface area (Å²) < 4.78 is 12.8. The number of anilines is 1. The summed E-state index contributed by atoms with van der Waals surface area (Å²) in [7, 11) is 0. The van der Waals surface area contributed by atoms with Gasteiger partial charge in [-0.15, -0.1) is 5.10 Å². The highest BCUT2D eigenvalue weighted by atomic mass is 19.1. The predicted octanol–water partition coefficient (Wildman–Crippen LogP) is 1.49. The molecule has 0 bridgehead atoms. The molecular formula is C18H22FN5O. The summed E-state index contributed by atoms with van der Waals surface area (Å²) in [6.07, 6.45) is 3.85. The Labute approximate surface area is 146 Å². The van der Waals surface area contributed by atoms with Crippen LogP contribution in [0.1, 0.15) is 18.4 Å². The molecule has 0 saturated carbocycles. The number of halogens is 1. The SMILES string of the molecule is O=C(CNC[C@H]1CCCN1c1cccnn1)NCc1ccc(F)cc1. The van der Waals surface area contributed by atoms with E-state index < -0.39 is 0 Å². The zero-order valence-electron chi connectivity index (χ0n) is 14.0. The first-order valence-corrected chi connectivity index (χ1v) is 8.48. The van der Waals surface area contributed by atoms with Crippen molar-refractivity contribution in [1.29, 1.82) is 0 Å². The number of nitrogens with zero attached hydrogens (tertiary/aromatic N) is 3. The number of hydrogen-bond acceptors (Lipinski definition) is 5. The molecule has 25 heavy (non-hydrogen) atoms. The minimum atomic E-state index is -0.277. The molecule has 1 aliphatic heterocycles. The van der Waals surface area contributed by atoms with Gasteiger partial charge in [0.1, 0.15) is 5.82 Å². The van der Waals surface area contributed by atoms with Gasteiger partial charge in [-0.2, -0.15) is 5.10 Å². The van der Waals surface area contributed by atoms with Crippen LogP contribution in [0.2, 0.25) is 0 Å². The van der Waals surface area contributed by atoms with E-state index in [2.05, 4.69) is 25.7 Å². The highest BCUT2D eigenvalue weighted by Gasteiger charge is 2.25. The molecule has 2 N–H and O–H groups in total.